The maximum absolute atomic E-state index is 5.31. The van der Waals surface area contributed by atoms with Crippen molar-refractivity contribution in [3.8, 4) is 0 Å². The fraction of sp³-hybridized carbons (Fsp3) is 0.300. The highest BCUT2D eigenvalue weighted by Gasteiger charge is 2.02. The van der Waals surface area contributed by atoms with E-state index in [2.05, 4.69) is 18.0 Å². The van der Waals surface area contributed by atoms with Crippen molar-refractivity contribution in [2.24, 2.45) is 0 Å². The maximum atomic E-state index is 5.31. The molecule has 0 atom stereocenters. The lowest BCUT2D eigenvalue weighted by molar-refractivity contribution is 0.583. The third-order valence-corrected chi connectivity index (χ3v) is 2.25. The minimum absolute atomic E-state index is 0.457. The Morgan fingerprint density at radius 2 is 2.31 bits per heavy atom. The Bertz CT molecular complexity index is 469. The van der Waals surface area contributed by atoms with Crippen molar-refractivity contribution < 1.29 is 4.42 Å². The van der Waals surface area contributed by atoms with Crippen LogP contribution in [0.4, 0.5) is 0 Å². The Morgan fingerprint density at radius 1 is 1.46 bits per heavy atom. The standard InChI is InChI=1S/C10H11NOS/c1-2-4-7-5-3-6-8-9(7)11-10(13)12-8/h3,5-6H,2,4H2,1H3,(H,11,13). The number of hydrogen-bond acceptors (Lipinski definition) is 2. The molecule has 0 aliphatic rings. The molecule has 68 valence electrons. The number of hydrogen-bond donors (Lipinski definition) is 1. The van der Waals surface area contributed by atoms with Crippen LogP contribution in [0, 0.1) is 4.84 Å². The summed E-state index contributed by atoms with van der Waals surface area (Å²) < 4.78 is 5.31. The van der Waals surface area contributed by atoms with E-state index >= 15 is 0 Å². The zero-order chi connectivity index (χ0) is 9.26. The number of aryl methyl sites for hydroxylation is 1. The number of aromatic amines is 1. The summed E-state index contributed by atoms with van der Waals surface area (Å²) in [6, 6.07) is 6.03. The summed E-state index contributed by atoms with van der Waals surface area (Å²) >= 11 is 4.93. The molecule has 13 heavy (non-hydrogen) atoms. The Labute approximate surface area is 81.6 Å². The molecule has 1 aromatic heterocycles. The summed E-state index contributed by atoms with van der Waals surface area (Å²) in [7, 11) is 0. The predicted octanol–water partition coefficient (Wildman–Crippen LogP) is 3.44. The molecule has 2 nitrogen and oxygen atoms in total. The average molecular weight is 193 g/mol. The Morgan fingerprint density at radius 3 is 3.08 bits per heavy atom. The van der Waals surface area contributed by atoms with Crippen molar-refractivity contribution >= 4 is 23.3 Å². The zero-order valence-electron chi connectivity index (χ0n) is 7.46. The zero-order valence-corrected chi connectivity index (χ0v) is 8.28. The van der Waals surface area contributed by atoms with Gasteiger partial charge < -0.3 is 9.40 Å². The summed E-state index contributed by atoms with van der Waals surface area (Å²) in [5.74, 6) is 0. The van der Waals surface area contributed by atoms with E-state index in [9.17, 15) is 0 Å². The molecule has 3 heteroatoms. The van der Waals surface area contributed by atoms with Gasteiger partial charge in [-0.25, -0.2) is 0 Å². The summed E-state index contributed by atoms with van der Waals surface area (Å²) in [6.07, 6.45) is 2.19. The molecule has 0 fully saturated rings. The number of para-hydroxylation sites is 1. The lowest BCUT2D eigenvalue weighted by Crippen LogP contribution is -1.84. The van der Waals surface area contributed by atoms with Crippen molar-refractivity contribution in [2.75, 3.05) is 0 Å². The minimum atomic E-state index is 0.457. The van der Waals surface area contributed by atoms with E-state index in [0.29, 0.717) is 4.84 Å². The molecule has 0 saturated carbocycles. The van der Waals surface area contributed by atoms with E-state index in [0.717, 1.165) is 23.9 Å². The van der Waals surface area contributed by atoms with Crippen molar-refractivity contribution in [1.82, 2.24) is 4.98 Å². The molecule has 2 rings (SSSR count). The van der Waals surface area contributed by atoms with Gasteiger partial charge in [0.15, 0.2) is 5.58 Å². The van der Waals surface area contributed by atoms with Crippen LogP contribution in [-0.2, 0) is 6.42 Å². The first-order chi connectivity index (χ1) is 6.31. The van der Waals surface area contributed by atoms with Crippen LogP contribution in [0.25, 0.3) is 11.1 Å². The van der Waals surface area contributed by atoms with Gasteiger partial charge in [-0.05, 0) is 30.3 Å². The lowest BCUT2D eigenvalue weighted by Gasteiger charge is -1.97. The molecule has 0 bridgehead atoms. The first-order valence-corrected chi connectivity index (χ1v) is 4.83. The normalized spacial score (nSPS) is 10.8. The first kappa shape index (κ1) is 8.51. The first-order valence-electron chi connectivity index (χ1n) is 4.42. The summed E-state index contributed by atoms with van der Waals surface area (Å²) in [5, 5.41) is 0. The van der Waals surface area contributed by atoms with Gasteiger partial charge in [0.1, 0.15) is 0 Å². The Balaban J connectivity index is 2.67. The van der Waals surface area contributed by atoms with Crippen molar-refractivity contribution in [3.63, 3.8) is 0 Å². The minimum Gasteiger partial charge on any atom is -0.429 e. The van der Waals surface area contributed by atoms with E-state index in [4.69, 9.17) is 16.6 Å². The fourth-order valence-corrected chi connectivity index (χ4v) is 1.70. The SMILES string of the molecule is CCCc1cccc2oc(=S)[nH]c12. The topological polar surface area (TPSA) is 28.9 Å². The summed E-state index contributed by atoms with van der Waals surface area (Å²) in [5.41, 5.74) is 3.19. The molecular formula is C10H11NOS. The van der Waals surface area contributed by atoms with Crippen LogP contribution in [0.2, 0.25) is 0 Å². The van der Waals surface area contributed by atoms with Gasteiger partial charge in [-0.2, -0.15) is 0 Å². The average Bonchev–Trinajstić information content (AvgIpc) is 2.47. The van der Waals surface area contributed by atoms with Crippen molar-refractivity contribution in [1.29, 1.82) is 0 Å². The van der Waals surface area contributed by atoms with Gasteiger partial charge in [0.25, 0.3) is 4.84 Å². The van der Waals surface area contributed by atoms with Crippen molar-refractivity contribution in [3.05, 3.63) is 28.6 Å². The number of aromatic nitrogens is 1. The van der Waals surface area contributed by atoms with E-state index in [1.54, 1.807) is 0 Å². The molecule has 0 unspecified atom stereocenters. The second-order valence-corrected chi connectivity index (χ2v) is 3.43. The van der Waals surface area contributed by atoms with Crippen LogP contribution in [-0.4, -0.2) is 4.98 Å². The number of rotatable bonds is 2. The number of oxazole rings is 1. The number of fused-ring (bicyclic) bond motifs is 1. The molecule has 0 amide bonds. The molecule has 1 heterocycles. The second kappa shape index (κ2) is 3.34. The van der Waals surface area contributed by atoms with Gasteiger partial charge in [-0.15, -0.1) is 0 Å². The number of benzene rings is 1. The molecular weight excluding hydrogens is 182 g/mol. The monoisotopic (exact) mass is 193 g/mol. The van der Waals surface area contributed by atoms with Gasteiger partial charge in [-0.1, -0.05) is 25.5 Å². The van der Waals surface area contributed by atoms with Gasteiger partial charge >= 0.3 is 0 Å². The Hall–Kier alpha value is -1.09. The summed E-state index contributed by atoms with van der Waals surface area (Å²) in [6.45, 7) is 2.16. The fourth-order valence-electron chi connectivity index (χ4n) is 1.51. The van der Waals surface area contributed by atoms with Crippen LogP contribution >= 0.6 is 12.2 Å². The molecule has 0 saturated heterocycles. The number of nitrogens with one attached hydrogen (secondary N) is 1. The molecule has 1 N–H and O–H groups in total. The van der Waals surface area contributed by atoms with Gasteiger partial charge in [-0.3, -0.25) is 0 Å². The van der Waals surface area contributed by atoms with E-state index in [1.165, 1.54) is 5.56 Å². The van der Waals surface area contributed by atoms with E-state index in [1.807, 2.05) is 12.1 Å². The third-order valence-electron chi connectivity index (χ3n) is 2.06. The molecule has 2 aromatic rings. The van der Waals surface area contributed by atoms with Gasteiger partial charge in [0.2, 0.25) is 0 Å². The van der Waals surface area contributed by atoms with Gasteiger partial charge in [0, 0.05) is 0 Å². The molecule has 0 aliphatic heterocycles. The van der Waals surface area contributed by atoms with Crippen LogP contribution in [0.3, 0.4) is 0 Å². The molecule has 1 aromatic carbocycles. The predicted molar refractivity (Wildman–Crippen MR) is 55.4 cm³/mol. The van der Waals surface area contributed by atoms with Crippen LogP contribution in [0.5, 0.6) is 0 Å². The smallest absolute Gasteiger partial charge is 0.266 e. The lowest BCUT2D eigenvalue weighted by atomic mass is 10.1. The van der Waals surface area contributed by atoms with Crippen LogP contribution in [0.1, 0.15) is 18.9 Å². The molecule has 0 spiro atoms. The van der Waals surface area contributed by atoms with Crippen LogP contribution in [0.15, 0.2) is 22.6 Å². The Kier molecular flexibility index (Phi) is 2.19. The maximum Gasteiger partial charge on any atom is 0.266 e. The number of H-pyrrole nitrogens is 1. The van der Waals surface area contributed by atoms with E-state index < -0.39 is 0 Å². The highest BCUT2D eigenvalue weighted by Crippen LogP contribution is 2.18. The van der Waals surface area contributed by atoms with Gasteiger partial charge in [0.05, 0.1) is 5.52 Å². The quantitative estimate of drug-likeness (QED) is 0.740. The second-order valence-electron chi connectivity index (χ2n) is 3.05. The molecule has 0 aliphatic carbocycles. The summed E-state index contributed by atoms with van der Waals surface area (Å²) in [4.78, 5) is 3.52. The largest absolute Gasteiger partial charge is 0.429 e. The molecule has 0 radical (unpaired) electrons. The van der Waals surface area contributed by atoms with E-state index in [-0.39, 0.29) is 0 Å². The highest BCUT2D eigenvalue weighted by molar-refractivity contribution is 7.71. The van der Waals surface area contributed by atoms with Crippen molar-refractivity contribution in [2.45, 2.75) is 19.8 Å². The van der Waals surface area contributed by atoms with Crippen LogP contribution < -0.4 is 0 Å². The highest BCUT2D eigenvalue weighted by atomic mass is 32.1. The third kappa shape index (κ3) is 1.52.